The van der Waals surface area contributed by atoms with Crippen LogP contribution in [0.1, 0.15) is 25.3 Å². The van der Waals surface area contributed by atoms with E-state index < -0.39 is 5.60 Å². The van der Waals surface area contributed by atoms with Gasteiger partial charge in [-0.2, -0.15) is 0 Å². The molecule has 5 heteroatoms. The topological polar surface area (TPSA) is 60.0 Å². The molecule has 1 saturated heterocycles. The summed E-state index contributed by atoms with van der Waals surface area (Å²) in [5.41, 5.74) is 0.363. The summed E-state index contributed by atoms with van der Waals surface area (Å²) < 4.78 is 16.3. The summed E-state index contributed by atoms with van der Waals surface area (Å²) in [5.74, 6) is 1.51. The molecule has 5 nitrogen and oxygen atoms in total. The molecule has 1 aliphatic rings. The van der Waals surface area contributed by atoms with Crippen LogP contribution in [0.25, 0.3) is 0 Å². The molecule has 0 unspecified atom stereocenters. The largest absolute Gasteiger partial charge is 0.493 e. The first-order chi connectivity index (χ1) is 10.2. The maximum Gasteiger partial charge on any atom is 0.165 e. The fourth-order valence-electron chi connectivity index (χ4n) is 2.56. The van der Waals surface area contributed by atoms with Gasteiger partial charge in [0.25, 0.3) is 0 Å². The van der Waals surface area contributed by atoms with Crippen LogP contribution in [-0.2, 0) is 11.3 Å². The first kappa shape index (κ1) is 16.1. The number of benzene rings is 1. The van der Waals surface area contributed by atoms with Gasteiger partial charge in [0.1, 0.15) is 0 Å². The molecular weight excluding hydrogens is 270 g/mol. The van der Waals surface area contributed by atoms with Crippen molar-refractivity contribution in [3.05, 3.63) is 23.8 Å². The van der Waals surface area contributed by atoms with Crippen molar-refractivity contribution in [1.82, 2.24) is 5.32 Å². The van der Waals surface area contributed by atoms with Gasteiger partial charge in [0.05, 0.1) is 19.3 Å². The smallest absolute Gasteiger partial charge is 0.165 e. The first-order valence-corrected chi connectivity index (χ1v) is 7.48. The van der Waals surface area contributed by atoms with Crippen LogP contribution in [0, 0.1) is 0 Å². The monoisotopic (exact) mass is 295 g/mol. The number of nitrogens with one attached hydrogen (secondary N) is 1. The summed E-state index contributed by atoms with van der Waals surface area (Å²) in [6, 6.07) is 5.86. The van der Waals surface area contributed by atoms with Gasteiger partial charge in [-0.05, 0) is 13.0 Å². The van der Waals surface area contributed by atoms with E-state index >= 15 is 0 Å². The van der Waals surface area contributed by atoms with Crippen LogP contribution < -0.4 is 14.8 Å². The van der Waals surface area contributed by atoms with Crippen molar-refractivity contribution in [1.29, 1.82) is 0 Å². The average Bonchev–Trinajstić information content (AvgIpc) is 2.48. The van der Waals surface area contributed by atoms with Gasteiger partial charge < -0.3 is 24.6 Å². The molecule has 1 fully saturated rings. The van der Waals surface area contributed by atoms with Crippen LogP contribution in [0.5, 0.6) is 11.5 Å². The Bertz CT molecular complexity index is 444. The molecular formula is C16H25NO4. The second-order valence-corrected chi connectivity index (χ2v) is 5.32. The second-order valence-electron chi connectivity index (χ2n) is 5.32. The predicted octanol–water partition coefficient (Wildman–Crippen LogP) is 1.72. The highest BCUT2D eigenvalue weighted by Gasteiger charge is 2.29. The Morgan fingerprint density at radius 2 is 2.10 bits per heavy atom. The van der Waals surface area contributed by atoms with Crippen LogP contribution in [-0.4, -0.2) is 44.2 Å². The molecule has 1 aromatic rings. The van der Waals surface area contributed by atoms with Gasteiger partial charge in [0.15, 0.2) is 11.5 Å². The van der Waals surface area contributed by atoms with Gasteiger partial charge in [0, 0.05) is 44.7 Å². The number of aliphatic hydroxyl groups is 1. The Morgan fingerprint density at radius 3 is 2.76 bits per heavy atom. The zero-order valence-corrected chi connectivity index (χ0v) is 12.9. The van der Waals surface area contributed by atoms with E-state index in [0.717, 1.165) is 17.1 Å². The van der Waals surface area contributed by atoms with Crippen molar-refractivity contribution in [2.75, 3.05) is 33.5 Å². The summed E-state index contributed by atoms with van der Waals surface area (Å²) in [4.78, 5) is 0. The van der Waals surface area contributed by atoms with Crippen LogP contribution in [0.3, 0.4) is 0 Å². The minimum absolute atomic E-state index is 0.554. The number of ether oxygens (including phenoxy) is 3. The molecule has 0 radical (unpaired) electrons. The highest BCUT2D eigenvalue weighted by molar-refractivity contribution is 5.46. The molecule has 0 amide bonds. The third-order valence-electron chi connectivity index (χ3n) is 3.76. The van der Waals surface area contributed by atoms with E-state index in [-0.39, 0.29) is 0 Å². The molecule has 0 saturated carbocycles. The molecule has 2 rings (SSSR count). The van der Waals surface area contributed by atoms with Crippen molar-refractivity contribution in [3.63, 3.8) is 0 Å². The van der Waals surface area contributed by atoms with Crippen LogP contribution in [0.2, 0.25) is 0 Å². The van der Waals surface area contributed by atoms with E-state index in [1.165, 1.54) is 0 Å². The Balaban J connectivity index is 1.94. The molecule has 0 bridgehead atoms. The molecule has 1 heterocycles. The van der Waals surface area contributed by atoms with Crippen LogP contribution in [0.15, 0.2) is 18.2 Å². The van der Waals surface area contributed by atoms with E-state index in [2.05, 4.69) is 5.32 Å². The van der Waals surface area contributed by atoms with Crippen molar-refractivity contribution in [3.8, 4) is 11.5 Å². The van der Waals surface area contributed by atoms with E-state index in [1.807, 2.05) is 25.1 Å². The van der Waals surface area contributed by atoms with Gasteiger partial charge in [-0.25, -0.2) is 0 Å². The van der Waals surface area contributed by atoms with E-state index in [1.54, 1.807) is 7.11 Å². The molecule has 0 aliphatic carbocycles. The summed E-state index contributed by atoms with van der Waals surface area (Å²) in [5, 5.41) is 13.7. The molecule has 0 aromatic heterocycles. The summed E-state index contributed by atoms with van der Waals surface area (Å²) in [7, 11) is 1.65. The Morgan fingerprint density at radius 1 is 1.33 bits per heavy atom. The maximum absolute atomic E-state index is 10.4. The van der Waals surface area contributed by atoms with E-state index in [0.29, 0.717) is 45.8 Å². The van der Waals surface area contributed by atoms with Crippen molar-refractivity contribution in [2.45, 2.75) is 31.9 Å². The standard InChI is InChI=1S/C16H25NO4/c1-3-21-14-6-4-5-13(15(14)19-2)11-17-12-16(18)7-9-20-10-8-16/h4-6,17-18H,3,7-12H2,1-2H3. The predicted molar refractivity (Wildman–Crippen MR) is 80.9 cm³/mol. The van der Waals surface area contributed by atoms with Crippen molar-refractivity contribution < 1.29 is 19.3 Å². The van der Waals surface area contributed by atoms with Crippen LogP contribution in [0.4, 0.5) is 0 Å². The highest BCUT2D eigenvalue weighted by Crippen LogP contribution is 2.31. The SMILES string of the molecule is CCOc1cccc(CNCC2(O)CCOCC2)c1OC. The Labute approximate surface area is 126 Å². The van der Waals surface area contributed by atoms with Gasteiger partial charge in [-0.3, -0.25) is 0 Å². The van der Waals surface area contributed by atoms with Crippen LogP contribution >= 0.6 is 0 Å². The highest BCUT2D eigenvalue weighted by atomic mass is 16.5. The lowest BCUT2D eigenvalue weighted by molar-refractivity contribution is -0.0617. The fourth-order valence-corrected chi connectivity index (χ4v) is 2.56. The molecule has 1 aromatic carbocycles. The quantitative estimate of drug-likeness (QED) is 0.802. The number of hydrogen-bond donors (Lipinski definition) is 2. The fraction of sp³-hybridized carbons (Fsp3) is 0.625. The third-order valence-corrected chi connectivity index (χ3v) is 3.76. The molecule has 118 valence electrons. The minimum atomic E-state index is -0.664. The maximum atomic E-state index is 10.4. The van der Waals surface area contributed by atoms with Gasteiger partial charge in [0.2, 0.25) is 0 Å². The minimum Gasteiger partial charge on any atom is -0.493 e. The van der Waals surface area contributed by atoms with Gasteiger partial charge >= 0.3 is 0 Å². The molecule has 0 spiro atoms. The molecule has 21 heavy (non-hydrogen) atoms. The van der Waals surface area contributed by atoms with Crippen molar-refractivity contribution in [2.24, 2.45) is 0 Å². The third kappa shape index (κ3) is 4.33. The second kappa shape index (κ2) is 7.64. The summed E-state index contributed by atoms with van der Waals surface area (Å²) in [6.45, 7) is 4.99. The lowest BCUT2D eigenvalue weighted by Gasteiger charge is -2.32. The van der Waals surface area contributed by atoms with Gasteiger partial charge in [-0.1, -0.05) is 12.1 Å². The molecule has 0 atom stereocenters. The molecule has 2 N–H and O–H groups in total. The lowest BCUT2D eigenvalue weighted by Crippen LogP contribution is -2.44. The zero-order valence-electron chi connectivity index (χ0n) is 12.9. The average molecular weight is 295 g/mol. The summed E-state index contributed by atoms with van der Waals surface area (Å²) >= 11 is 0. The normalized spacial score (nSPS) is 17.5. The van der Waals surface area contributed by atoms with E-state index in [9.17, 15) is 5.11 Å². The molecule has 1 aliphatic heterocycles. The van der Waals surface area contributed by atoms with Crippen molar-refractivity contribution >= 4 is 0 Å². The zero-order chi connectivity index (χ0) is 15.1. The number of para-hydroxylation sites is 1. The number of hydrogen-bond acceptors (Lipinski definition) is 5. The first-order valence-electron chi connectivity index (χ1n) is 7.48. The van der Waals surface area contributed by atoms with E-state index in [4.69, 9.17) is 14.2 Å². The van der Waals surface area contributed by atoms with Gasteiger partial charge in [-0.15, -0.1) is 0 Å². The number of rotatable bonds is 7. The Hall–Kier alpha value is -1.30. The Kier molecular flexibility index (Phi) is 5.85. The lowest BCUT2D eigenvalue weighted by atomic mass is 9.94. The summed E-state index contributed by atoms with van der Waals surface area (Å²) in [6.07, 6.45) is 1.35. The number of methoxy groups -OCH3 is 1.